The number of imide groups is 2. The number of halogens is 1. The van der Waals surface area contributed by atoms with E-state index in [-0.39, 0.29) is 54.0 Å². The summed E-state index contributed by atoms with van der Waals surface area (Å²) in [6, 6.07) is -0.295. The molecule has 0 radical (unpaired) electrons. The van der Waals surface area contributed by atoms with Crippen LogP contribution in [0.1, 0.15) is 31.2 Å². The molecule has 2 aromatic heterocycles. The summed E-state index contributed by atoms with van der Waals surface area (Å²) in [6.45, 7) is 5.14. The van der Waals surface area contributed by atoms with Crippen LogP contribution in [0.3, 0.4) is 0 Å². The van der Waals surface area contributed by atoms with Gasteiger partial charge in [-0.15, -0.1) is 0 Å². The van der Waals surface area contributed by atoms with Gasteiger partial charge in [0.25, 0.3) is 0 Å². The average molecular weight is 559 g/mol. The molecule has 39 heavy (non-hydrogen) atoms. The SMILES string of the molecule is CC(=O)NCc1cn(-c2noc3c(F)c4c(cc23)CC2(C(=O)NC(=O)NC2=O)[C@H]2[C@H](C)O[C@H](C)CN42)c(=O)s1. The van der Waals surface area contributed by atoms with Crippen molar-refractivity contribution in [3.8, 4) is 5.82 Å². The summed E-state index contributed by atoms with van der Waals surface area (Å²) in [5, 5.41) is 11.1. The van der Waals surface area contributed by atoms with Crippen LogP contribution in [0, 0.1) is 11.2 Å². The summed E-state index contributed by atoms with van der Waals surface area (Å²) < 4.78 is 28.8. The molecule has 0 saturated carbocycles. The van der Waals surface area contributed by atoms with Crippen molar-refractivity contribution >= 4 is 51.7 Å². The van der Waals surface area contributed by atoms with Gasteiger partial charge in [0.2, 0.25) is 23.3 Å². The zero-order valence-corrected chi connectivity index (χ0v) is 21.8. The summed E-state index contributed by atoms with van der Waals surface area (Å²) >= 11 is 0.887. The Morgan fingerprint density at radius 3 is 2.67 bits per heavy atom. The molecule has 3 aliphatic heterocycles. The first-order valence-corrected chi connectivity index (χ1v) is 13.0. The first-order valence-electron chi connectivity index (χ1n) is 12.2. The second-order valence-electron chi connectivity index (χ2n) is 9.96. The van der Waals surface area contributed by atoms with E-state index in [1.807, 2.05) is 0 Å². The monoisotopic (exact) mass is 558 g/mol. The number of urea groups is 1. The van der Waals surface area contributed by atoms with Crippen LogP contribution in [0.4, 0.5) is 14.9 Å². The molecule has 13 nitrogen and oxygen atoms in total. The molecule has 2 fully saturated rings. The lowest BCUT2D eigenvalue weighted by Crippen LogP contribution is -2.75. The van der Waals surface area contributed by atoms with Crippen molar-refractivity contribution in [2.24, 2.45) is 5.41 Å². The third-order valence-electron chi connectivity index (χ3n) is 7.37. The van der Waals surface area contributed by atoms with Crippen molar-refractivity contribution in [2.45, 2.75) is 52.0 Å². The maximum absolute atomic E-state index is 16.2. The van der Waals surface area contributed by atoms with Crippen molar-refractivity contribution in [2.75, 3.05) is 11.4 Å². The van der Waals surface area contributed by atoms with E-state index in [2.05, 4.69) is 21.1 Å². The summed E-state index contributed by atoms with van der Waals surface area (Å²) in [5.41, 5.74) is -1.53. The number of hydrogen-bond acceptors (Lipinski definition) is 10. The number of rotatable bonds is 3. The highest BCUT2D eigenvalue weighted by Crippen LogP contribution is 2.49. The van der Waals surface area contributed by atoms with E-state index in [1.54, 1.807) is 24.8 Å². The Morgan fingerprint density at radius 1 is 1.26 bits per heavy atom. The van der Waals surface area contributed by atoms with Crippen LogP contribution < -0.4 is 25.7 Å². The molecule has 5 amide bonds. The van der Waals surface area contributed by atoms with Gasteiger partial charge in [-0.2, -0.15) is 0 Å². The summed E-state index contributed by atoms with van der Waals surface area (Å²) in [4.78, 5) is 64.4. The lowest BCUT2D eigenvalue weighted by Gasteiger charge is -2.55. The van der Waals surface area contributed by atoms with E-state index in [9.17, 15) is 24.0 Å². The lowest BCUT2D eigenvalue weighted by atomic mass is 9.66. The molecule has 1 spiro atoms. The number of benzene rings is 1. The van der Waals surface area contributed by atoms with Crippen molar-refractivity contribution < 1.29 is 32.8 Å². The normalized spacial score (nSPS) is 23.8. The van der Waals surface area contributed by atoms with Gasteiger partial charge in [-0.05, 0) is 25.5 Å². The predicted molar refractivity (Wildman–Crippen MR) is 134 cm³/mol. The predicted octanol–water partition coefficient (Wildman–Crippen LogP) is 0.706. The third-order valence-corrected chi connectivity index (χ3v) is 8.26. The first-order chi connectivity index (χ1) is 18.5. The Morgan fingerprint density at radius 2 is 1.97 bits per heavy atom. The van der Waals surface area contributed by atoms with Crippen LogP contribution in [0.15, 0.2) is 21.6 Å². The number of carbonyl (C=O) groups is 4. The molecule has 5 heterocycles. The summed E-state index contributed by atoms with van der Waals surface area (Å²) in [5.74, 6) is -2.60. The third kappa shape index (κ3) is 3.67. The van der Waals surface area contributed by atoms with Crippen LogP contribution >= 0.6 is 11.3 Å². The minimum Gasteiger partial charge on any atom is -0.372 e. The molecule has 3 N–H and O–H groups in total. The second-order valence-corrected chi connectivity index (χ2v) is 11.0. The van der Waals surface area contributed by atoms with Crippen molar-refractivity contribution in [3.63, 3.8) is 0 Å². The largest absolute Gasteiger partial charge is 0.372 e. The topological polar surface area (TPSA) is 165 Å². The van der Waals surface area contributed by atoms with Gasteiger partial charge in [-0.3, -0.25) is 34.4 Å². The Kier molecular flexibility index (Phi) is 5.62. The number of nitrogens with one attached hydrogen (secondary N) is 3. The minimum absolute atomic E-state index is 0.0228. The van der Waals surface area contributed by atoms with Gasteiger partial charge < -0.3 is 19.5 Å². The Labute approximate surface area is 223 Å². The van der Waals surface area contributed by atoms with Gasteiger partial charge >= 0.3 is 10.9 Å². The highest BCUT2D eigenvalue weighted by Gasteiger charge is 2.63. The van der Waals surface area contributed by atoms with Crippen LogP contribution in [-0.2, 0) is 32.1 Å². The molecule has 0 unspecified atom stereocenters. The fourth-order valence-corrected chi connectivity index (χ4v) is 6.70. The van der Waals surface area contributed by atoms with Crippen molar-refractivity contribution in [1.82, 2.24) is 25.7 Å². The number of amides is 5. The van der Waals surface area contributed by atoms with Crippen LogP contribution in [0.2, 0.25) is 0 Å². The van der Waals surface area contributed by atoms with Crippen LogP contribution in [-0.4, -0.2) is 58.3 Å². The number of morpholine rings is 1. The Balaban J connectivity index is 1.53. The Bertz CT molecular complexity index is 1620. The minimum atomic E-state index is -1.79. The summed E-state index contributed by atoms with van der Waals surface area (Å²) in [7, 11) is 0. The molecule has 0 aliphatic carbocycles. The number of barbiturate groups is 1. The molecular weight excluding hydrogens is 535 g/mol. The highest BCUT2D eigenvalue weighted by molar-refractivity contribution is 7.09. The molecule has 3 atom stereocenters. The fourth-order valence-electron chi connectivity index (χ4n) is 5.94. The number of hydrogen-bond donors (Lipinski definition) is 3. The van der Waals surface area contributed by atoms with E-state index in [1.165, 1.54) is 17.7 Å². The van der Waals surface area contributed by atoms with Crippen molar-refractivity contribution in [1.29, 1.82) is 0 Å². The number of carbonyl (C=O) groups excluding carboxylic acids is 4. The zero-order valence-electron chi connectivity index (χ0n) is 21.0. The van der Waals surface area contributed by atoms with Gasteiger partial charge in [0, 0.05) is 31.0 Å². The quantitative estimate of drug-likeness (QED) is 0.393. The van der Waals surface area contributed by atoms with E-state index in [0.717, 1.165) is 11.3 Å². The maximum atomic E-state index is 16.2. The van der Waals surface area contributed by atoms with E-state index >= 15 is 4.39 Å². The molecular formula is C24H23FN6O7S. The first kappa shape index (κ1) is 25.2. The van der Waals surface area contributed by atoms with E-state index in [4.69, 9.17) is 9.26 Å². The number of thiazole rings is 1. The molecule has 15 heteroatoms. The molecule has 1 aromatic carbocycles. The fraction of sp³-hybridized carbons (Fsp3) is 0.417. The van der Waals surface area contributed by atoms with Gasteiger partial charge in [0.15, 0.2) is 17.1 Å². The number of fused-ring (bicyclic) bond motifs is 5. The van der Waals surface area contributed by atoms with Gasteiger partial charge in [-0.1, -0.05) is 16.5 Å². The Hall–Kier alpha value is -4.11. The molecule has 3 aliphatic rings. The maximum Gasteiger partial charge on any atom is 0.328 e. The number of anilines is 1. The number of nitrogens with zero attached hydrogens (tertiary/aromatic N) is 3. The lowest BCUT2D eigenvalue weighted by molar-refractivity contribution is -0.153. The van der Waals surface area contributed by atoms with E-state index < -0.39 is 46.1 Å². The second kappa shape index (κ2) is 8.71. The number of ether oxygens (including phenoxy) is 1. The molecule has 3 aromatic rings. The number of aromatic nitrogens is 2. The summed E-state index contributed by atoms with van der Waals surface area (Å²) in [6.07, 6.45) is 0.217. The van der Waals surface area contributed by atoms with Crippen LogP contribution in [0.25, 0.3) is 16.8 Å². The van der Waals surface area contributed by atoms with Crippen molar-refractivity contribution in [3.05, 3.63) is 38.2 Å². The van der Waals surface area contributed by atoms with Crippen LogP contribution in [0.5, 0.6) is 0 Å². The zero-order chi connectivity index (χ0) is 27.8. The average Bonchev–Trinajstić information content (AvgIpc) is 3.43. The molecule has 204 valence electrons. The van der Waals surface area contributed by atoms with Gasteiger partial charge in [0.1, 0.15) is 0 Å². The molecule has 6 rings (SSSR count). The van der Waals surface area contributed by atoms with Gasteiger partial charge in [-0.25, -0.2) is 9.18 Å². The standard InChI is InChI=1S/C24H23FN6O7S/c1-9-7-30-16-12(5-24(18(30)10(2)37-9)20(33)27-22(35)28-21(24)34)4-14-17(15(16)25)38-29-19(14)31-8-13(39-23(31)36)6-26-11(3)32/h4,8-10,18H,5-7H2,1-3H3,(H,26,32)(H2,27,28,33,34,35)/t9-,10+,18-/m1/s1. The van der Waals surface area contributed by atoms with Gasteiger partial charge in [0.05, 0.1) is 35.9 Å². The molecule has 2 saturated heterocycles. The highest BCUT2D eigenvalue weighted by atomic mass is 32.1. The smallest absolute Gasteiger partial charge is 0.328 e. The van der Waals surface area contributed by atoms with E-state index in [0.29, 0.717) is 10.4 Å². The molecule has 0 bridgehead atoms.